The third kappa shape index (κ3) is 8.65. The minimum atomic E-state index is -0.616. The summed E-state index contributed by atoms with van der Waals surface area (Å²) < 4.78 is 10.6. The first-order valence-corrected chi connectivity index (χ1v) is 10.2. The Balaban J connectivity index is 0.00000420. The van der Waals surface area contributed by atoms with Crippen LogP contribution in [0.2, 0.25) is 0 Å². The van der Waals surface area contributed by atoms with Crippen molar-refractivity contribution in [3.8, 4) is 5.75 Å². The molecule has 1 aliphatic rings. The standard InChI is InChI=1S/C21H36N4O3.HI/c1-5-22-21(23-14-19(16(2)3)25-10-12-28-13-11-25)24-15-20(26)17-6-8-18(27-4)9-7-17;/h6-9,16,19-20,26H,5,10-15H2,1-4H3,(H2,22,23,24);1H. The van der Waals surface area contributed by atoms with Crippen molar-refractivity contribution in [1.29, 1.82) is 0 Å². The van der Waals surface area contributed by atoms with Crippen LogP contribution in [-0.4, -0.2) is 75.1 Å². The van der Waals surface area contributed by atoms with Crippen LogP contribution in [0.1, 0.15) is 32.4 Å². The molecular weight excluding hydrogens is 483 g/mol. The number of hydrogen-bond acceptors (Lipinski definition) is 5. The third-order valence-electron chi connectivity index (χ3n) is 5.03. The van der Waals surface area contributed by atoms with Crippen molar-refractivity contribution >= 4 is 29.9 Å². The Bertz CT molecular complexity index is 592. The lowest BCUT2D eigenvalue weighted by Gasteiger charge is -2.36. The van der Waals surface area contributed by atoms with Gasteiger partial charge in [-0.25, -0.2) is 0 Å². The number of guanidine groups is 1. The zero-order chi connectivity index (χ0) is 20.4. The molecule has 1 aromatic carbocycles. The van der Waals surface area contributed by atoms with Gasteiger partial charge in [0.05, 0.1) is 33.0 Å². The zero-order valence-corrected chi connectivity index (χ0v) is 20.4. The third-order valence-corrected chi connectivity index (χ3v) is 5.03. The number of aliphatic hydroxyl groups excluding tert-OH is 1. The van der Waals surface area contributed by atoms with Crippen LogP contribution in [0.3, 0.4) is 0 Å². The summed E-state index contributed by atoms with van der Waals surface area (Å²) in [5, 5.41) is 17.0. The topological polar surface area (TPSA) is 78.4 Å². The molecule has 3 N–H and O–H groups in total. The van der Waals surface area contributed by atoms with Crippen LogP contribution >= 0.6 is 24.0 Å². The molecular formula is C21H37IN4O3. The minimum Gasteiger partial charge on any atom is -0.497 e. The van der Waals surface area contributed by atoms with Crippen molar-refractivity contribution in [1.82, 2.24) is 15.5 Å². The van der Waals surface area contributed by atoms with Gasteiger partial charge in [0, 0.05) is 32.2 Å². The maximum Gasteiger partial charge on any atom is 0.191 e. The molecule has 166 valence electrons. The average molecular weight is 520 g/mol. The van der Waals surface area contributed by atoms with Gasteiger partial charge in [-0.3, -0.25) is 9.89 Å². The van der Waals surface area contributed by atoms with Gasteiger partial charge in [-0.15, -0.1) is 24.0 Å². The van der Waals surface area contributed by atoms with E-state index >= 15 is 0 Å². The number of methoxy groups -OCH3 is 1. The molecule has 0 aliphatic carbocycles. The van der Waals surface area contributed by atoms with Crippen molar-refractivity contribution in [2.45, 2.75) is 32.9 Å². The Morgan fingerprint density at radius 1 is 1.21 bits per heavy atom. The maximum atomic E-state index is 10.5. The lowest BCUT2D eigenvalue weighted by atomic mass is 10.0. The largest absolute Gasteiger partial charge is 0.497 e. The highest BCUT2D eigenvalue weighted by molar-refractivity contribution is 14.0. The predicted molar refractivity (Wildman–Crippen MR) is 128 cm³/mol. The fraction of sp³-hybridized carbons (Fsp3) is 0.667. The Morgan fingerprint density at radius 2 is 1.86 bits per heavy atom. The van der Waals surface area contributed by atoms with Crippen LogP contribution in [0.4, 0.5) is 0 Å². The highest BCUT2D eigenvalue weighted by Crippen LogP contribution is 2.17. The lowest BCUT2D eigenvalue weighted by molar-refractivity contribution is 0.00867. The van der Waals surface area contributed by atoms with Gasteiger partial charge >= 0.3 is 0 Å². The first-order valence-electron chi connectivity index (χ1n) is 10.2. The van der Waals surface area contributed by atoms with Gasteiger partial charge in [0.15, 0.2) is 5.96 Å². The number of hydrogen-bond donors (Lipinski definition) is 3. The summed E-state index contributed by atoms with van der Waals surface area (Å²) in [6.07, 6.45) is -0.616. The van der Waals surface area contributed by atoms with Crippen molar-refractivity contribution < 1.29 is 14.6 Å². The summed E-state index contributed by atoms with van der Waals surface area (Å²) >= 11 is 0. The number of nitrogens with one attached hydrogen (secondary N) is 2. The molecule has 1 aliphatic heterocycles. The molecule has 1 fully saturated rings. The highest BCUT2D eigenvalue weighted by Gasteiger charge is 2.23. The van der Waals surface area contributed by atoms with Crippen LogP contribution < -0.4 is 15.4 Å². The maximum absolute atomic E-state index is 10.5. The second kappa shape index (κ2) is 14.0. The van der Waals surface area contributed by atoms with E-state index in [2.05, 4.69) is 29.4 Å². The Labute approximate surface area is 192 Å². The molecule has 1 saturated heterocycles. The molecule has 29 heavy (non-hydrogen) atoms. The smallest absolute Gasteiger partial charge is 0.191 e. The molecule has 0 bridgehead atoms. The molecule has 7 nitrogen and oxygen atoms in total. The molecule has 8 heteroatoms. The van der Waals surface area contributed by atoms with Crippen LogP contribution in [0, 0.1) is 5.92 Å². The monoisotopic (exact) mass is 520 g/mol. The molecule has 0 amide bonds. The summed E-state index contributed by atoms with van der Waals surface area (Å²) in [4.78, 5) is 7.25. The number of halogens is 1. The van der Waals surface area contributed by atoms with E-state index in [1.54, 1.807) is 7.11 Å². The number of morpholine rings is 1. The minimum absolute atomic E-state index is 0. The molecule has 1 heterocycles. The fourth-order valence-electron chi connectivity index (χ4n) is 3.32. The normalized spacial score (nSPS) is 17.4. The van der Waals surface area contributed by atoms with Gasteiger partial charge in [0.1, 0.15) is 5.75 Å². The van der Waals surface area contributed by atoms with Crippen molar-refractivity contribution in [2.24, 2.45) is 10.9 Å². The number of ether oxygens (including phenoxy) is 2. The van der Waals surface area contributed by atoms with Gasteiger partial charge in [0.25, 0.3) is 0 Å². The van der Waals surface area contributed by atoms with Gasteiger partial charge in [-0.05, 0) is 30.5 Å². The average Bonchev–Trinajstić information content (AvgIpc) is 2.72. The van der Waals surface area contributed by atoms with E-state index in [-0.39, 0.29) is 24.0 Å². The Hall–Kier alpha value is -1.10. The molecule has 0 spiro atoms. The summed E-state index contributed by atoms with van der Waals surface area (Å²) in [7, 11) is 1.63. The number of benzene rings is 1. The second-order valence-electron chi connectivity index (χ2n) is 7.35. The Morgan fingerprint density at radius 3 is 2.41 bits per heavy atom. The molecule has 1 aromatic rings. The molecule has 0 radical (unpaired) electrons. The van der Waals surface area contributed by atoms with Crippen molar-refractivity contribution in [3.05, 3.63) is 29.8 Å². The van der Waals surface area contributed by atoms with Crippen LogP contribution in [0.5, 0.6) is 5.75 Å². The highest BCUT2D eigenvalue weighted by atomic mass is 127. The second-order valence-corrected chi connectivity index (χ2v) is 7.35. The van der Waals surface area contributed by atoms with Crippen LogP contribution in [0.15, 0.2) is 29.3 Å². The van der Waals surface area contributed by atoms with E-state index in [0.717, 1.165) is 50.1 Å². The van der Waals surface area contributed by atoms with E-state index in [0.29, 0.717) is 25.0 Å². The number of aliphatic imine (C=N–C) groups is 1. The van der Waals surface area contributed by atoms with E-state index in [1.165, 1.54) is 0 Å². The van der Waals surface area contributed by atoms with Crippen LogP contribution in [0.25, 0.3) is 0 Å². The number of nitrogens with zero attached hydrogens (tertiary/aromatic N) is 2. The van der Waals surface area contributed by atoms with Crippen molar-refractivity contribution in [3.63, 3.8) is 0 Å². The zero-order valence-electron chi connectivity index (χ0n) is 18.1. The fourth-order valence-corrected chi connectivity index (χ4v) is 3.32. The first kappa shape index (κ1) is 25.9. The molecule has 2 unspecified atom stereocenters. The van der Waals surface area contributed by atoms with E-state index in [1.807, 2.05) is 31.2 Å². The van der Waals surface area contributed by atoms with E-state index < -0.39 is 6.10 Å². The molecule has 0 aromatic heterocycles. The van der Waals surface area contributed by atoms with Gasteiger partial charge in [-0.2, -0.15) is 0 Å². The summed E-state index contributed by atoms with van der Waals surface area (Å²) in [5.41, 5.74) is 0.845. The van der Waals surface area contributed by atoms with Crippen molar-refractivity contribution in [2.75, 3.05) is 53.0 Å². The number of aliphatic hydroxyl groups is 1. The SMILES string of the molecule is CCNC(=NCC(C(C)C)N1CCOCC1)NCC(O)c1ccc(OC)cc1.I. The number of rotatable bonds is 9. The predicted octanol–water partition coefficient (Wildman–Crippen LogP) is 2.26. The molecule has 2 atom stereocenters. The quantitative estimate of drug-likeness (QED) is 0.264. The van der Waals surface area contributed by atoms with Gasteiger partial charge in [0.2, 0.25) is 0 Å². The lowest BCUT2D eigenvalue weighted by Crippen LogP contribution is -2.48. The summed E-state index contributed by atoms with van der Waals surface area (Å²) in [6, 6.07) is 7.84. The Kier molecular flexibility index (Phi) is 12.5. The summed E-state index contributed by atoms with van der Waals surface area (Å²) in [6.45, 7) is 11.9. The summed E-state index contributed by atoms with van der Waals surface area (Å²) in [5.74, 6) is 2.02. The molecule has 0 saturated carbocycles. The van der Waals surface area contributed by atoms with Gasteiger partial charge in [-0.1, -0.05) is 26.0 Å². The first-order chi connectivity index (χ1) is 13.5. The van der Waals surface area contributed by atoms with Gasteiger partial charge < -0.3 is 25.2 Å². The van der Waals surface area contributed by atoms with E-state index in [9.17, 15) is 5.11 Å². The molecule has 2 rings (SSSR count). The van der Waals surface area contributed by atoms with E-state index in [4.69, 9.17) is 14.5 Å². The van der Waals surface area contributed by atoms with Crippen LogP contribution in [-0.2, 0) is 4.74 Å².